The average molecular weight is 527 g/mol. The van der Waals surface area contributed by atoms with Crippen molar-refractivity contribution in [3.05, 3.63) is 65.4 Å². The van der Waals surface area contributed by atoms with Gasteiger partial charge in [0, 0.05) is 36.2 Å². The normalized spacial score (nSPS) is 10.1. The third kappa shape index (κ3) is 7.57. The van der Waals surface area contributed by atoms with E-state index in [2.05, 4.69) is 32.9 Å². The van der Waals surface area contributed by atoms with E-state index in [0.29, 0.717) is 46.1 Å². The Bertz CT molecular complexity index is 1420. The van der Waals surface area contributed by atoms with Gasteiger partial charge in [-0.2, -0.15) is 0 Å². The van der Waals surface area contributed by atoms with Crippen molar-refractivity contribution in [1.82, 2.24) is 9.97 Å². The molecule has 4 aromatic rings. The van der Waals surface area contributed by atoms with Gasteiger partial charge < -0.3 is 30.0 Å². The van der Waals surface area contributed by atoms with E-state index in [9.17, 15) is 4.39 Å². The number of hydrogen-bond acceptors (Lipinski definition) is 8. The lowest BCUT2D eigenvalue weighted by Gasteiger charge is -2.13. The molecule has 4 N–H and O–H groups in total. The van der Waals surface area contributed by atoms with E-state index in [4.69, 9.17) is 35.4 Å². The Hall–Kier alpha value is -4.33. The number of nitrogens with zero attached hydrogens (tertiary/aromatic N) is 2. The summed E-state index contributed by atoms with van der Waals surface area (Å²) in [7, 11) is 1.53. The molecule has 0 saturated carbocycles. The SMILES string of the molecule is COc1cc2ncnc(Nc3ccc(F)c(Cl)c3)c2cc1Oc1ccc(C#CCCCCO)o1.NC=O. The lowest BCUT2D eigenvalue weighted by atomic mass is 10.2. The predicted molar refractivity (Wildman–Crippen MR) is 138 cm³/mol. The summed E-state index contributed by atoms with van der Waals surface area (Å²) < 4.78 is 30.6. The largest absolute Gasteiger partial charge is 0.493 e. The van der Waals surface area contributed by atoms with Gasteiger partial charge in [0.05, 0.1) is 17.6 Å². The first-order chi connectivity index (χ1) is 18.0. The molecule has 0 unspecified atom stereocenters. The molecule has 2 aromatic carbocycles. The molecule has 0 spiro atoms. The molecule has 1 amide bonds. The first-order valence-electron chi connectivity index (χ1n) is 11.1. The number of aromatic nitrogens is 2. The molecule has 11 heteroatoms. The molecule has 0 aliphatic rings. The van der Waals surface area contributed by atoms with Crippen molar-refractivity contribution in [3.63, 3.8) is 0 Å². The standard InChI is InChI=1S/C25H21ClFN3O4.CH3NO/c1-32-22-14-21-18(25(29-15-28-21)30-16-7-9-20(27)19(26)12-16)13-23(22)34-24-10-8-17(33-24)6-4-2-3-5-11-31;2-1-3/h7-10,12-15,31H,2-3,5,11H2,1H3,(H,28,29,30);1H,(H2,2,3). The molecule has 0 fully saturated rings. The maximum atomic E-state index is 13.5. The number of nitrogens with two attached hydrogens (primary N) is 1. The summed E-state index contributed by atoms with van der Waals surface area (Å²) in [5.41, 5.74) is 5.35. The van der Waals surface area contributed by atoms with E-state index in [1.165, 1.54) is 25.6 Å². The summed E-state index contributed by atoms with van der Waals surface area (Å²) in [5, 5.41) is 12.6. The van der Waals surface area contributed by atoms with Crippen LogP contribution in [0.2, 0.25) is 5.02 Å². The number of hydrogen-bond donors (Lipinski definition) is 3. The zero-order valence-electron chi connectivity index (χ0n) is 19.8. The van der Waals surface area contributed by atoms with Crippen LogP contribution < -0.4 is 20.5 Å². The van der Waals surface area contributed by atoms with Crippen LogP contribution >= 0.6 is 11.6 Å². The molecule has 0 aliphatic heterocycles. The van der Waals surface area contributed by atoms with Crippen LogP contribution in [0.1, 0.15) is 25.0 Å². The Morgan fingerprint density at radius 2 is 2.00 bits per heavy atom. The minimum atomic E-state index is -0.507. The number of ether oxygens (including phenoxy) is 2. The number of unbranched alkanes of at least 4 members (excludes halogenated alkanes) is 2. The lowest BCUT2D eigenvalue weighted by Crippen LogP contribution is -1.98. The van der Waals surface area contributed by atoms with Gasteiger partial charge in [0.2, 0.25) is 6.41 Å². The number of aliphatic hydroxyl groups excluding tert-OH is 1. The second-order valence-corrected chi connectivity index (χ2v) is 7.74. The molecular formula is C26H24ClFN4O5. The maximum Gasteiger partial charge on any atom is 0.291 e. The smallest absolute Gasteiger partial charge is 0.291 e. The number of primary amides is 1. The summed E-state index contributed by atoms with van der Waals surface area (Å²) >= 11 is 5.90. The van der Waals surface area contributed by atoms with Gasteiger partial charge in [-0.05, 0) is 49.1 Å². The van der Waals surface area contributed by atoms with E-state index in [-0.39, 0.29) is 24.0 Å². The Morgan fingerprint density at radius 1 is 1.19 bits per heavy atom. The van der Waals surface area contributed by atoms with Gasteiger partial charge in [0.25, 0.3) is 5.95 Å². The zero-order valence-corrected chi connectivity index (χ0v) is 20.6. The van der Waals surface area contributed by atoms with E-state index in [1.807, 2.05) is 0 Å². The molecular weight excluding hydrogens is 503 g/mol. The van der Waals surface area contributed by atoms with Crippen molar-refractivity contribution in [2.45, 2.75) is 19.3 Å². The van der Waals surface area contributed by atoms with Crippen LogP contribution in [0.3, 0.4) is 0 Å². The van der Waals surface area contributed by atoms with Crippen LogP contribution in [-0.2, 0) is 4.79 Å². The monoisotopic (exact) mass is 526 g/mol. The van der Waals surface area contributed by atoms with E-state index >= 15 is 0 Å². The molecule has 2 aromatic heterocycles. The number of furan rings is 1. The number of anilines is 2. The molecule has 9 nitrogen and oxygen atoms in total. The maximum absolute atomic E-state index is 13.5. The van der Waals surface area contributed by atoms with E-state index < -0.39 is 5.82 Å². The Labute approximate surface area is 217 Å². The number of carbonyl (C=O) groups excluding carboxylic acids is 1. The fourth-order valence-corrected chi connectivity index (χ4v) is 3.32. The Kier molecular flexibility index (Phi) is 10.1. The molecule has 0 saturated heterocycles. The minimum absolute atomic E-state index is 0.000766. The van der Waals surface area contributed by atoms with Crippen LogP contribution in [0.15, 0.2) is 53.2 Å². The first-order valence-corrected chi connectivity index (χ1v) is 11.4. The fourth-order valence-electron chi connectivity index (χ4n) is 3.14. The van der Waals surface area contributed by atoms with Crippen molar-refractivity contribution >= 4 is 40.4 Å². The van der Waals surface area contributed by atoms with Gasteiger partial charge in [-0.15, -0.1) is 0 Å². The molecule has 37 heavy (non-hydrogen) atoms. The highest BCUT2D eigenvalue weighted by atomic mass is 35.5. The Balaban J connectivity index is 0.00000121. The molecule has 0 aliphatic carbocycles. The molecule has 0 radical (unpaired) electrons. The second-order valence-electron chi connectivity index (χ2n) is 7.34. The third-order valence-corrected chi connectivity index (χ3v) is 5.11. The predicted octanol–water partition coefficient (Wildman–Crippen LogP) is 5.18. The van der Waals surface area contributed by atoms with Crippen LogP contribution in [0.5, 0.6) is 17.4 Å². The number of nitrogens with one attached hydrogen (secondary N) is 1. The van der Waals surface area contributed by atoms with Gasteiger partial charge in [-0.25, -0.2) is 14.4 Å². The number of methoxy groups -OCH3 is 1. The van der Waals surface area contributed by atoms with Crippen LogP contribution in [-0.4, -0.2) is 35.2 Å². The second kappa shape index (κ2) is 13.7. The van der Waals surface area contributed by atoms with Gasteiger partial charge in [0.1, 0.15) is 18.0 Å². The number of amides is 1. The highest BCUT2D eigenvalue weighted by Crippen LogP contribution is 2.37. The summed E-state index contributed by atoms with van der Waals surface area (Å²) in [6.07, 6.45) is 3.88. The van der Waals surface area contributed by atoms with Crippen LogP contribution in [0.4, 0.5) is 15.9 Å². The van der Waals surface area contributed by atoms with Crippen LogP contribution in [0, 0.1) is 17.7 Å². The number of benzene rings is 2. The molecule has 4 rings (SSSR count). The quantitative estimate of drug-likeness (QED) is 0.162. The zero-order chi connectivity index (χ0) is 26.6. The summed E-state index contributed by atoms with van der Waals surface area (Å²) in [6, 6.07) is 11.1. The fraction of sp³-hybridized carbons (Fsp3) is 0.192. The molecule has 2 heterocycles. The highest BCUT2D eigenvalue weighted by Gasteiger charge is 2.14. The third-order valence-electron chi connectivity index (χ3n) is 4.82. The average Bonchev–Trinajstić information content (AvgIpc) is 3.33. The highest BCUT2D eigenvalue weighted by molar-refractivity contribution is 6.31. The van der Waals surface area contributed by atoms with E-state index in [1.54, 1.807) is 30.3 Å². The van der Waals surface area contributed by atoms with Crippen molar-refractivity contribution in [2.75, 3.05) is 19.0 Å². The van der Waals surface area contributed by atoms with E-state index in [0.717, 1.165) is 12.8 Å². The summed E-state index contributed by atoms with van der Waals surface area (Å²) in [6.45, 7) is 0.161. The first kappa shape index (κ1) is 27.3. The minimum Gasteiger partial charge on any atom is -0.493 e. The van der Waals surface area contributed by atoms with Gasteiger partial charge >= 0.3 is 0 Å². The molecule has 0 atom stereocenters. The number of rotatable bonds is 8. The number of carbonyl (C=O) groups is 1. The topological polar surface area (TPSA) is 133 Å². The number of fused-ring (bicyclic) bond motifs is 1. The molecule has 192 valence electrons. The van der Waals surface area contributed by atoms with Gasteiger partial charge in [-0.1, -0.05) is 17.5 Å². The van der Waals surface area contributed by atoms with Crippen molar-refractivity contribution in [1.29, 1.82) is 0 Å². The number of aliphatic hydroxyl groups is 1. The van der Waals surface area contributed by atoms with Crippen molar-refractivity contribution in [3.8, 4) is 29.3 Å². The lowest BCUT2D eigenvalue weighted by molar-refractivity contribution is -0.106. The van der Waals surface area contributed by atoms with Crippen molar-refractivity contribution in [2.24, 2.45) is 5.73 Å². The van der Waals surface area contributed by atoms with Gasteiger partial charge in [-0.3, -0.25) is 4.79 Å². The molecule has 0 bridgehead atoms. The summed E-state index contributed by atoms with van der Waals surface area (Å²) in [5.74, 6) is 7.47. The summed E-state index contributed by atoms with van der Waals surface area (Å²) in [4.78, 5) is 17.2. The van der Waals surface area contributed by atoms with Gasteiger partial charge in [0.15, 0.2) is 17.3 Å². The number of halogens is 2. The van der Waals surface area contributed by atoms with Crippen LogP contribution in [0.25, 0.3) is 10.9 Å². The van der Waals surface area contributed by atoms with Crippen molar-refractivity contribution < 1.29 is 28.2 Å². The Morgan fingerprint density at radius 3 is 2.73 bits per heavy atom.